The van der Waals surface area contributed by atoms with Gasteiger partial charge in [-0.3, -0.25) is 4.72 Å². The molecule has 7 nitrogen and oxygen atoms in total. The number of hydrogen-bond acceptors (Lipinski definition) is 7. The van der Waals surface area contributed by atoms with E-state index in [9.17, 15) is 8.42 Å². The van der Waals surface area contributed by atoms with Gasteiger partial charge in [0, 0.05) is 40.6 Å². The van der Waals surface area contributed by atoms with Crippen LogP contribution in [0, 0.1) is 0 Å². The third kappa shape index (κ3) is 5.27. The standard InChI is InChI=1S/C24H28ClN3O4S2/c1-15-13-28(14-16(2)26-15)20-12-18(6-8-22(20)32-4)27-34(29,30)24-10-9-23(33-24)19-11-17(25)5-7-21(19)31-3/h5-12,15-16,26-27H,13-14H2,1-4H3. The summed E-state index contributed by atoms with van der Waals surface area (Å²) in [6.45, 7) is 5.86. The van der Waals surface area contributed by atoms with Crippen molar-refractivity contribution in [3.8, 4) is 21.9 Å². The van der Waals surface area contributed by atoms with Crippen molar-refractivity contribution in [2.45, 2.75) is 30.1 Å². The first kappa shape index (κ1) is 24.7. The molecule has 34 heavy (non-hydrogen) atoms. The second-order valence-corrected chi connectivity index (χ2v) is 11.8. The highest BCUT2D eigenvalue weighted by Crippen LogP contribution is 2.39. The third-order valence-corrected chi connectivity index (χ3v) is 8.83. The number of rotatable bonds is 7. The second kappa shape index (κ2) is 10.0. The average molecular weight is 522 g/mol. The van der Waals surface area contributed by atoms with E-state index in [2.05, 4.69) is 28.8 Å². The van der Waals surface area contributed by atoms with Gasteiger partial charge in [-0.25, -0.2) is 8.42 Å². The molecule has 0 saturated carbocycles. The lowest BCUT2D eigenvalue weighted by Gasteiger charge is -2.38. The monoisotopic (exact) mass is 521 g/mol. The fraction of sp³-hybridized carbons (Fsp3) is 0.333. The molecule has 10 heteroatoms. The fourth-order valence-electron chi connectivity index (χ4n) is 4.21. The molecule has 182 valence electrons. The van der Waals surface area contributed by atoms with E-state index in [0.717, 1.165) is 40.6 Å². The maximum absolute atomic E-state index is 13.2. The number of benzene rings is 2. The maximum atomic E-state index is 13.2. The molecule has 2 aromatic carbocycles. The van der Waals surface area contributed by atoms with E-state index >= 15 is 0 Å². The second-order valence-electron chi connectivity index (χ2n) is 8.33. The first-order valence-electron chi connectivity index (χ1n) is 10.9. The van der Waals surface area contributed by atoms with Gasteiger partial charge >= 0.3 is 0 Å². The van der Waals surface area contributed by atoms with Crippen LogP contribution in [0.25, 0.3) is 10.4 Å². The van der Waals surface area contributed by atoms with Crippen molar-refractivity contribution in [1.29, 1.82) is 0 Å². The van der Waals surface area contributed by atoms with E-state index in [-0.39, 0.29) is 4.21 Å². The molecule has 2 N–H and O–H groups in total. The number of nitrogens with zero attached hydrogens (tertiary/aromatic N) is 1. The van der Waals surface area contributed by atoms with E-state index < -0.39 is 10.0 Å². The molecule has 3 aromatic rings. The minimum absolute atomic E-state index is 0.200. The summed E-state index contributed by atoms with van der Waals surface area (Å²) in [6, 6.07) is 14.6. The molecule has 1 aliphatic rings. The van der Waals surface area contributed by atoms with E-state index in [0.29, 0.717) is 34.3 Å². The van der Waals surface area contributed by atoms with Crippen molar-refractivity contribution < 1.29 is 17.9 Å². The zero-order chi connectivity index (χ0) is 24.5. The van der Waals surface area contributed by atoms with Crippen LogP contribution in [0.4, 0.5) is 11.4 Å². The van der Waals surface area contributed by atoms with Crippen LogP contribution in [0.3, 0.4) is 0 Å². The van der Waals surface area contributed by atoms with Crippen LogP contribution in [-0.2, 0) is 10.0 Å². The number of hydrogen-bond donors (Lipinski definition) is 2. The Morgan fingerprint density at radius 1 is 1.00 bits per heavy atom. The van der Waals surface area contributed by atoms with Crippen LogP contribution >= 0.6 is 22.9 Å². The number of ether oxygens (including phenoxy) is 2. The van der Waals surface area contributed by atoms with Gasteiger partial charge in [0.05, 0.1) is 25.6 Å². The largest absolute Gasteiger partial charge is 0.496 e. The highest BCUT2D eigenvalue weighted by atomic mass is 35.5. The van der Waals surface area contributed by atoms with Gasteiger partial charge in [0.25, 0.3) is 10.0 Å². The lowest BCUT2D eigenvalue weighted by molar-refractivity contribution is 0.391. The smallest absolute Gasteiger partial charge is 0.271 e. The molecule has 1 saturated heterocycles. The predicted molar refractivity (Wildman–Crippen MR) is 139 cm³/mol. The SMILES string of the molecule is COc1ccc(Cl)cc1-c1ccc(S(=O)(=O)Nc2ccc(OC)c(N3CC(C)NC(C)C3)c2)s1. The van der Waals surface area contributed by atoms with Gasteiger partial charge in [0.1, 0.15) is 15.7 Å². The quantitative estimate of drug-likeness (QED) is 0.451. The first-order valence-corrected chi connectivity index (χ1v) is 13.5. The number of thiophene rings is 1. The highest BCUT2D eigenvalue weighted by Gasteiger charge is 2.25. The molecule has 0 spiro atoms. The van der Waals surface area contributed by atoms with Crippen molar-refractivity contribution in [3.63, 3.8) is 0 Å². The lowest BCUT2D eigenvalue weighted by Crippen LogP contribution is -2.54. The summed E-state index contributed by atoms with van der Waals surface area (Å²) in [4.78, 5) is 2.97. The van der Waals surface area contributed by atoms with Gasteiger partial charge in [-0.2, -0.15) is 0 Å². The van der Waals surface area contributed by atoms with Crippen molar-refractivity contribution in [2.24, 2.45) is 0 Å². The summed E-state index contributed by atoms with van der Waals surface area (Å²) in [5.74, 6) is 1.33. The van der Waals surface area contributed by atoms with Crippen LogP contribution in [0.2, 0.25) is 5.02 Å². The Kier molecular flexibility index (Phi) is 7.28. The molecule has 1 aromatic heterocycles. The van der Waals surface area contributed by atoms with Crippen LogP contribution in [0.15, 0.2) is 52.7 Å². The van der Waals surface area contributed by atoms with Crippen LogP contribution in [0.1, 0.15) is 13.8 Å². The maximum Gasteiger partial charge on any atom is 0.271 e. The third-order valence-electron chi connectivity index (χ3n) is 5.60. The summed E-state index contributed by atoms with van der Waals surface area (Å²) < 4.78 is 40.3. The molecule has 2 atom stereocenters. The van der Waals surface area contributed by atoms with Gasteiger partial charge < -0.3 is 19.7 Å². The van der Waals surface area contributed by atoms with Crippen LogP contribution < -0.4 is 24.4 Å². The van der Waals surface area contributed by atoms with Crippen molar-refractivity contribution in [2.75, 3.05) is 36.9 Å². The molecule has 0 bridgehead atoms. The van der Waals surface area contributed by atoms with Crippen molar-refractivity contribution >= 4 is 44.3 Å². The van der Waals surface area contributed by atoms with Gasteiger partial charge in [-0.15, -0.1) is 11.3 Å². The number of methoxy groups -OCH3 is 2. The summed E-state index contributed by atoms with van der Waals surface area (Å²) in [5, 5.41) is 4.06. The van der Waals surface area contributed by atoms with Gasteiger partial charge in [-0.1, -0.05) is 11.6 Å². The number of anilines is 2. The van der Waals surface area contributed by atoms with Gasteiger partial charge in [0.15, 0.2) is 0 Å². The first-order chi connectivity index (χ1) is 16.2. The topological polar surface area (TPSA) is 79.9 Å². The number of halogens is 1. The van der Waals surface area contributed by atoms with Gasteiger partial charge in [0.2, 0.25) is 0 Å². The van der Waals surface area contributed by atoms with Crippen LogP contribution in [0.5, 0.6) is 11.5 Å². The number of nitrogens with one attached hydrogen (secondary N) is 2. The summed E-state index contributed by atoms with van der Waals surface area (Å²) >= 11 is 7.31. The Balaban J connectivity index is 1.61. The summed E-state index contributed by atoms with van der Waals surface area (Å²) in [6.07, 6.45) is 0. The Labute approximate surface area is 209 Å². The van der Waals surface area contributed by atoms with Crippen molar-refractivity contribution in [3.05, 3.63) is 53.6 Å². The fourth-order valence-corrected chi connectivity index (χ4v) is 6.76. The van der Waals surface area contributed by atoms with Gasteiger partial charge in [-0.05, 0) is 62.4 Å². The molecule has 1 fully saturated rings. The zero-order valence-electron chi connectivity index (χ0n) is 19.5. The average Bonchev–Trinajstić information content (AvgIpc) is 3.29. The van der Waals surface area contributed by atoms with E-state index in [1.807, 2.05) is 6.07 Å². The van der Waals surface area contributed by atoms with E-state index in [1.165, 1.54) is 0 Å². The minimum atomic E-state index is -3.80. The zero-order valence-corrected chi connectivity index (χ0v) is 21.9. The Bertz CT molecular complexity index is 1270. The van der Waals surface area contributed by atoms with Crippen LogP contribution in [-0.4, -0.2) is 47.8 Å². The Morgan fingerprint density at radius 2 is 1.68 bits per heavy atom. The normalized spacial score (nSPS) is 18.6. The molecule has 1 aliphatic heterocycles. The molecule has 0 amide bonds. The number of piperazine rings is 1. The molecule has 4 rings (SSSR count). The molecular weight excluding hydrogens is 494 g/mol. The molecule has 0 aliphatic carbocycles. The lowest BCUT2D eigenvalue weighted by atomic mass is 10.1. The molecule has 2 unspecified atom stereocenters. The molecule has 0 radical (unpaired) electrons. The Hall–Kier alpha value is -2.46. The minimum Gasteiger partial charge on any atom is -0.496 e. The molecular formula is C24H28ClN3O4S2. The number of sulfonamides is 1. The highest BCUT2D eigenvalue weighted by molar-refractivity contribution is 7.94. The predicted octanol–water partition coefficient (Wildman–Crippen LogP) is 5.07. The van der Waals surface area contributed by atoms with E-state index in [4.69, 9.17) is 21.1 Å². The van der Waals surface area contributed by atoms with Crippen molar-refractivity contribution in [1.82, 2.24) is 5.32 Å². The Morgan fingerprint density at radius 3 is 2.35 bits per heavy atom. The molecule has 2 heterocycles. The summed E-state index contributed by atoms with van der Waals surface area (Å²) in [5.41, 5.74) is 2.08. The summed E-state index contributed by atoms with van der Waals surface area (Å²) in [7, 11) is -0.606. The van der Waals surface area contributed by atoms with E-state index in [1.54, 1.807) is 56.7 Å².